The molecule has 104 valence electrons. The van der Waals surface area contributed by atoms with Gasteiger partial charge in [0.2, 0.25) is 0 Å². The molecule has 3 N–H and O–H groups in total. The number of amides is 1. The van der Waals surface area contributed by atoms with Crippen LogP contribution in [-0.2, 0) is 4.79 Å². The molecule has 0 spiro atoms. The number of halogens is 1. The van der Waals surface area contributed by atoms with Crippen LogP contribution in [0.4, 0.5) is 11.4 Å². The molecule has 0 bridgehead atoms. The SMILES string of the molecule is CC(Oc1cncc(Cl)c1)C(=O)Nc1ccccc1N. The topological polar surface area (TPSA) is 77.2 Å². The molecule has 1 unspecified atom stereocenters. The summed E-state index contributed by atoms with van der Waals surface area (Å²) in [5.41, 5.74) is 6.81. The van der Waals surface area contributed by atoms with Gasteiger partial charge in [0.1, 0.15) is 5.75 Å². The number of nitrogens with two attached hydrogens (primary N) is 1. The third-order valence-corrected chi connectivity index (χ3v) is 2.79. The number of nitrogens with one attached hydrogen (secondary N) is 1. The van der Waals surface area contributed by atoms with Crippen molar-refractivity contribution in [2.45, 2.75) is 13.0 Å². The first kappa shape index (κ1) is 14.1. The van der Waals surface area contributed by atoms with E-state index in [1.54, 1.807) is 37.3 Å². The molecule has 0 aliphatic heterocycles. The van der Waals surface area contributed by atoms with Crippen molar-refractivity contribution in [3.05, 3.63) is 47.7 Å². The van der Waals surface area contributed by atoms with Gasteiger partial charge in [0.25, 0.3) is 5.91 Å². The Morgan fingerprint density at radius 1 is 1.40 bits per heavy atom. The van der Waals surface area contributed by atoms with Crippen molar-refractivity contribution < 1.29 is 9.53 Å². The van der Waals surface area contributed by atoms with Crippen LogP contribution in [0.1, 0.15) is 6.92 Å². The lowest BCUT2D eigenvalue weighted by Crippen LogP contribution is -2.30. The van der Waals surface area contributed by atoms with Gasteiger partial charge in [0.15, 0.2) is 6.10 Å². The van der Waals surface area contributed by atoms with Crippen molar-refractivity contribution >= 4 is 28.9 Å². The van der Waals surface area contributed by atoms with E-state index in [-0.39, 0.29) is 5.91 Å². The Morgan fingerprint density at radius 2 is 2.15 bits per heavy atom. The molecule has 20 heavy (non-hydrogen) atoms. The van der Waals surface area contributed by atoms with Crippen LogP contribution in [0.5, 0.6) is 5.75 Å². The molecule has 2 aromatic rings. The van der Waals surface area contributed by atoms with E-state index in [2.05, 4.69) is 10.3 Å². The van der Waals surface area contributed by atoms with Gasteiger partial charge in [-0.05, 0) is 19.1 Å². The van der Waals surface area contributed by atoms with Gasteiger partial charge in [-0.2, -0.15) is 0 Å². The molecular weight excluding hydrogens is 278 g/mol. The molecule has 0 aliphatic rings. The van der Waals surface area contributed by atoms with Gasteiger partial charge in [0.05, 0.1) is 22.6 Å². The number of ether oxygens (including phenoxy) is 1. The number of hydrogen-bond acceptors (Lipinski definition) is 4. The second-order valence-electron chi connectivity index (χ2n) is 4.18. The molecule has 6 heteroatoms. The van der Waals surface area contributed by atoms with E-state index >= 15 is 0 Å². The monoisotopic (exact) mass is 291 g/mol. The molecule has 1 aromatic carbocycles. The highest BCUT2D eigenvalue weighted by Gasteiger charge is 2.16. The minimum atomic E-state index is -0.699. The summed E-state index contributed by atoms with van der Waals surface area (Å²) in [6, 6.07) is 8.61. The molecular formula is C14H14ClN3O2. The van der Waals surface area contributed by atoms with Crippen LogP contribution in [-0.4, -0.2) is 17.0 Å². The number of hydrogen-bond donors (Lipinski definition) is 2. The molecule has 2 rings (SSSR count). The number of nitrogen functional groups attached to an aromatic ring is 1. The number of carbonyl (C=O) groups excluding carboxylic acids is 1. The van der Waals surface area contributed by atoms with E-state index < -0.39 is 6.10 Å². The standard InChI is InChI=1S/C14H14ClN3O2/c1-9(20-11-6-10(15)7-17-8-11)14(19)18-13-5-3-2-4-12(13)16/h2-9H,16H2,1H3,(H,18,19). The smallest absolute Gasteiger partial charge is 0.265 e. The summed E-state index contributed by atoms with van der Waals surface area (Å²) in [6.07, 6.45) is 2.28. The number of rotatable bonds is 4. The van der Waals surface area contributed by atoms with Gasteiger partial charge in [0, 0.05) is 12.3 Å². The average Bonchev–Trinajstić information content (AvgIpc) is 2.41. The van der Waals surface area contributed by atoms with Crippen molar-refractivity contribution in [1.82, 2.24) is 4.98 Å². The van der Waals surface area contributed by atoms with Gasteiger partial charge in [-0.15, -0.1) is 0 Å². The predicted octanol–water partition coefficient (Wildman–Crippen LogP) is 2.72. The second-order valence-corrected chi connectivity index (χ2v) is 4.61. The second kappa shape index (κ2) is 6.25. The lowest BCUT2D eigenvalue weighted by atomic mass is 10.2. The van der Waals surface area contributed by atoms with E-state index in [4.69, 9.17) is 22.1 Å². The Labute approximate surface area is 121 Å². The number of carbonyl (C=O) groups is 1. The quantitative estimate of drug-likeness (QED) is 0.849. The number of para-hydroxylation sites is 2. The zero-order valence-corrected chi connectivity index (χ0v) is 11.6. The van der Waals surface area contributed by atoms with E-state index in [1.165, 1.54) is 12.4 Å². The minimum absolute atomic E-state index is 0.303. The van der Waals surface area contributed by atoms with Crippen LogP contribution < -0.4 is 15.8 Å². The van der Waals surface area contributed by atoms with E-state index in [0.29, 0.717) is 22.1 Å². The summed E-state index contributed by atoms with van der Waals surface area (Å²) < 4.78 is 5.47. The van der Waals surface area contributed by atoms with Crippen molar-refractivity contribution in [2.24, 2.45) is 0 Å². The molecule has 1 aromatic heterocycles. The minimum Gasteiger partial charge on any atom is -0.479 e. The summed E-state index contributed by atoms with van der Waals surface area (Å²) in [5.74, 6) is 0.129. The maximum atomic E-state index is 12.0. The molecule has 0 saturated carbocycles. The lowest BCUT2D eigenvalue weighted by Gasteiger charge is -2.15. The van der Waals surface area contributed by atoms with E-state index in [9.17, 15) is 4.79 Å². The summed E-state index contributed by atoms with van der Waals surface area (Å²) >= 11 is 5.80. The number of benzene rings is 1. The molecule has 0 fully saturated rings. The van der Waals surface area contributed by atoms with Crippen LogP contribution in [0.25, 0.3) is 0 Å². The third kappa shape index (κ3) is 3.61. The zero-order chi connectivity index (χ0) is 14.5. The summed E-state index contributed by atoms with van der Waals surface area (Å²) in [4.78, 5) is 15.9. The molecule has 5 nitrogen and oxygen atoms in total. The molecule has 1 heterocycles. The highest BCUT2D eigenvalue weighted by atomic mass is 35.5. The highest BCUT2D eigenvalue weighted by molar-refractivity contribution is 6.30. The van der Waals surface area contributed by atoms with Crippen molar-refractivity contribution in [1.29, 1.82) is 0 Å². The molecule has 0 aliphatic carbocycles. The van der Waals surface area contributed by atoms with Gasteiger partial charge in [-0.1, -0.05) is 23.7 Å². The Hall–Kier alpha value is -2.27. The summed E-state index contributed by atoms with van der Waals surface area (Å²) in [7, 11) is 0. The molecule has 0 saturated heterocycles. The van der Waals surface area contributed by atoms with Crippen LogP contribution in [0, 0.1) is 0 Å². The average molecular weight is 292 g/mol. The van der Waals surface area contributed by atoms with Crippen molar-refractivity contribution in [2.75, 3.05) is 11.1 Å². The zero-order valence-electron chi connectivity index (χ0n) is 10.8. The fraction of sp³-hybridized carbons (Fsp3) is 0.143. The van der Waals surface area contributed by atoms with Crippen LogP contribution >= 0.6 is 11.6 Å². The van der Waals surface area contributed by atoms with Crippen LogP contribution in [0.2, 0.25) is 5.02 Å². The fourth-order valence-corrected chi connectivity index (χ4v) is 1.72. The number of anilines is 2. The van der Waals surface area contributed by atoms with E-state index in [1.807, 2.05) is 0 Å². The van der Waals surface area contributed by atoms with Gasteiger partial charge in [-0.25, -0.2) is 0 Å². The van der Waals surface area contributed by atoms with Crippen LogP contribution in [0.15, 0.2) is 42.7 Å². The van der Waals surface area contributed by atoms with Gasteiger partial charge >= 0.3 is 0 Å². The van der Waals surface area contributed by atoms with Crippen LogP contribution in [0.3, 0.4) is 0 Å². The lowest BCUT2D eigenvalue weighted by molar-refractivity contribution is -0.122. The maximum absolute atomic E-state index is 12.0. The third-order valence-electron chi connectivity index (χ3n) is 2.58. The largest absolute Gasteiger partial charge is 0.479 e. The fourth-order valence-electron chi connectivity index (χ4n) is 1.56. The first-order valence-electron chi connectivity index (χ1n) is 5.99. The van der Waals surface area contributed by atoms with Gasteiger partial charge in [-0.3, -0.25) is 9.78 Å². The number of nitrogens with zero attached hydrogens (tertiary/aromatic N) is 1. The Bertz CT molecular complexity index is 619. The van der Waals surface area contributed by atoms with Crippen molar-refractivity contribution in [3.8, 4) is 5.75 Å². The van der Waals surface area contributed by atoms with Crippen molar-refractivity contribution in [3.63, 3.8) is 0 Å². The highest BCUT2D eigenvalue weighted by Crippen LogP contribution is 2.19. The van der Waals surface area contributed by atoms with E-state index in [0.717, 1.165) is 0 Å². The Balaban J connectivity index is 2.01. The summed E-state index contributed by atoms with van der Waals surface area (Å²) in [5, 5.41) is 3.15. The first-order valence-corrected chi connectivity index (χ1v) is 6.36. The van der Waals surface area contributed by atoms with Gasteiger partial charge < -0.3 is 15.8 Å². The number of aromatic nitrogens is 1. The Morgan fingerprint density at radius 3 is 2.85 bits per heavy atom. The molecule has 1 amide bonds. The Kier molecular flexibility index (Phi) is 4.42. The summed E-state index contributed by atoms with van der Waals surface area (Å²) in [6.45, 7) is 1.63. The molecule has 1 atom stereocenters. The normalized spacial score (nSPS) is 11.7. The first-order chi connectivity index (χ1) is 9.56. The maximum Gasteiger partial charge on any atom is 0.265 e. The molecule has 0 radical (unpaired) electrons. The predicted molar refractivity (Wildman–Crippen MR) is 78.8 cm³/mol. The number of pyridine rings is 1.